The average molecular weight is 310 g/mol. The van der Waals surface area contributed by atoms with Crippen molar-refractivity contribution >= 4 is 11.6 Å². The molecule has 0 radical (unpaired) electrons. The Morgan fingerprint density at radius 2 is 1.59 bits per heavy atom. The standard InChI is InChI=1S/C18H34N2O2/c1-2-3-16-22-20-17-12-10-8-6-4-5-7-9-11-13-18(21)19-15-14-17/h2-16H2,1H3,(H,19,21)/b20-17-. The smallest absolute Gasteiger partial charge is 0.220 e. The summed E-state index contributed by atoms with van der Waals surface area (Å²) in [6.45, 7) is 3.54. The van der Waals surface area contributed by atoms with Crippen LogP contribution < -0.4 is 5.32 Å². The summed E-state index contributed by atoms with van der Waals surface area (Å²) in [5.74, 6) is 0.182. The van der Waals surface area contributed by atoms with Gasteiger partial charge < -0.3 is 10.2 Å². The Morgan fingerprint density at radius 3 is 2.27 bits per heavy atom. The van der Waals surface area contributed by atoms with Gasteiger partial charge in [-0.25, -0.2) is 0 Å². The van der Waals surface area contributed by atoms with E-state index in [4.69, 9.17) is 4.84 Å². The van der Waals surface area contributed by atoms with Crippen LogP contribution in [0.25, 0.3) is 0 Å². The minimum Gasteiger partial charge on any atom is -0.396 e. The number of hydrogen-bond acceptors (Lipinski definition) is 3. The third kappa shape index (κ3) is 10.6. The molecule has 1 aliphatic rings. The van der Waals surface area contributed by atoms with E-state index < -0.39 is 0 Å². The van der Waals surface area contributed by atoms with Gasteiger partial charge in [-0.15, -0.1) is 0 Å². The first kappa shape index (κ1) is 19.0. The van der Waals surface area contributed by atoms with Gasteiger partial charge in [-0.1, -0.05) is 57.0 Å². The van der Waals surface area contributed by atoms with Crippen LogP contribution in [0.3, 0.4) is 0 Å². The number of oxime groups is 1. The second-order valence-electron chi connectivity index (χ2n) is 6.27. The average Bonchev–Trinajstić information content (AvgIpc) is 2.52. The third-order valence-electron chi connectivity index (χ3n) is 4.14. The van der Waals surface area contributed by atoms with Crippen LogP contribution in [0.4, 0.5) is 0 Å². The van der Waals surface area contributed by atoms with Gasteiger partial charge in [-0.3, -0.25) is 4.79 Å². The lowest BCUT2D eigenvalue weighted by atomic mass is 10.0. The van der Waals surface area contributed by atoms with Crippen LogP contribution in [0.5, 0.6) is 0 Å². The van der Waals surface area contributed by atoms with E-state index in [0.29, 0.717) is 19.6 Å². The van der Waals surface area contributed by atoms with E-state index in [9.17, 15) is 4.79 Å². The maximum Gasteiger partial charge on any atom is 0.220 e. The molecule has 22 heavy (non-hydrogen) atoms. The molecule has 1 aliphatic heterocycles. The van der Waals surface area contributed by atoms with E-state index in [1.807, 2.05) is 0 Å². The molecule has 1 N–H and O–H groups in total. The van der Waals surface area contributed by atoms with Gasteiger partial charge in [0.15, 0.2) is 0 Å². The second kappa shape index (κ2) is 13.6. The molecule has 1 rings (SSSR count). The highest BCUT2D eigenvalue weighted by Gasteiger charge is 2.05. The largest absolute Gasteiger partial charge is 0.396 e. The molecule has 1 fully saturated rings. The molecule has 0 aromatic heterocycles. The summed E-state index contributed by atoms with van der Waals surface area (Å²) < 4.78 is 0. The molecule has 128 valence electrons. The van der Waals surface area contributed by atoms with Gasteiger partial charge in [-0.05, 0) is 25.7 Å². The highest BCUT2D eigenvalue weighted by Crippen LogP contribution is 2.12. The van der Waals surface area contributed by atoms with Gasteiger partial charge in [0, 0.05) is 19.4 Å². The normalized spacial score (nSPS) is 21.7. The fraction of sp³-hybridized carbons (Fsp3) is 0.889. The van der Waals surface area contributed by atoms with Crippen LogP contribution in [0, 0.1) is 0 Å². The number of nitrogens with one attached hydrogen (secondary N) is 1. The highest BCUT2D eigenvalue weighted by molar-refractivity contribution is 5.84. The Hall–Kier alpha value is -1.06. The first-order valence-corrected chi connectivity index (χ1v) is 9.27. The first-order valence-electron chi connectivity index (χ1n) is 9.27. The molecule has 0 aromatic rings. The van der Waals surface area contributed by atoms with Crippen LogP contribution in [-0.4, -0.2) is 24.8 Å². The number of amides is 1. The number of carbonyl (C=O) groups is 1. The van der Waals surface area contributed by atoms with Crippen LogP contribution in [0.1, 0.15) is 90.4 Å². The topological polar surface area (TPSA) is 50.7 Å². The SMILES string of the molecule is CCCCO/N=C1/CCCCCCCCCCC(=O)NCC1. The number of unbranched alkanes of at least 4 members (excludes halogenated alkanes) is 1. The van der Waals surface area contributed by atoms with Gasteiger partial charge in [0.05, 0.1) is 5.71 Å². The zero-order valence-electron chi connectivity index (χ0n) is 14.4. The molecule has 0 aliphatic carbocycles. The predicted molar refractivity (Wildman–Crippen MR) is 92.1 cm³/mol. The van der Waals surface area contributed by atoms with Crippen LogP contribution in [-0.2, 0) is 9.63 Å². The molecule has 1 amide bonds. The predicted octanol–water partition coefficient (Wildman–Crippen LogP) is 4.58. The maximum atomic E-state index is 11.7. The molecule has 0 aromatic carbocycles. The fourth-order valence-electron chi connectivity index (χ4n) is 2.67. The van der Waals surface area contributed by atoms with Gasteiger partial charge in [0.25, 0.3) is 0 Å². The van der Waals surface area contributed by atoms with Crippen molar-refractivity contribution in [1.29, 1.82) is 0 Å². The molecule has 4 heteroatoms. The van der Waals surface area contributed by atoms with Crippen molar-refractivity contribution in [3.63, 3.8) is 0 Å². The Bertz CT molecular complexity index is 316. The summed E-state index contributed by atoms with van der Waals surface area (Å²) in [5.41, 5.74) is 1.10. The van der Waals surface area contributed by atoms with Crippen LogP contribution in [0.2, 0.25) is 0 Å². The zero-order valence-corrected chi connectivity index (χ0v) is 14.4. The molecule has 0 unspecified atom stereocenters. The van der Waals surface area contributed by atoms with Crippen molar-refractivity contribution in [1.82, 2.24) is 5.32 Å². The highest BCUT2D eigenvalue weighted by atomic mass is 16.6. The van der Waals surface area contributed by atoms with Crippen LogP contribution >= 0.6 is 0 Å². The van der Waals surface area contributed by atoms with E-state index in [1.165, 1.54) is 44.9 Å². The summed E-state index contributed by atoms with van der Waals surface area (Å²) in [4.78, 5) is 17.1. The van der Waals surface area contributed by atoms with Gasteiger partial charge >= 0.3 is 0 Å². The monoisotopic (exact) mass is 310 g/mol. The molecule has 1 heterocycles. The van der Waals surface area contributed by atoms with Crippen molar-refractivity contribution in [2.45, 2.75) is 90.4 Å². The van der Waals surface area contributed by atoms with Crippen LogP contribution in [0.15, 0.2) is 5.16 Å². The molecule has 0 saturated carbocycles. The minimum atomic E-state index is 0.182. The Morgan fingerprint density at radius 1 is 0.955 bits per heavy atom. The number of nitrogens with zero attached hydrogens (tertiary/aromatic N) is 1. The maximum absolute atomic E-state index is 11.7. The van der Waals surface area contributed by atoms with Gasteiger partial charge in [0.2, 0.25) is 5.91 Å². The molecule has 4 nitrogen and oxygen atoms in total. The Labute approximate surface area is 136 Å². The minimum absolute atomic E-state index is 0.182. The summed E-state index contributed by atoms with van der Waals surface area (Å²) in [5, 5.41) is 7.31. The quantitative estimate of drug-likeness (QED) is 0.610. The third-order valence-corrected chi connectivity index (χ3v) is 4.14. The molecule has 1 saturated heterocycles. The number of hydrogen-bond donors (Lipinski definition) is 1. The van der Waals surface area contributed by atoms with Crippen molar-refractivity contribution in [2.75, 3.05) is 13.2 Å². The Kier molecular flexibility index (Phi) is 11.7. The van der Waals surface area contributed by atoms with Crippen molar-refractivity contribution in [3.8, 4) is 0 Å². The van der Waals surface area contributed by atoms with E-state index in [0.717, 1.165) is 37.8 Å². The van der Waals surface area contributed by atoms with E-state index in [-0.39, 0.29) is 5.91 Å². The van der Waals surface area contributed by atoms with Gasteiger partial charge in [-0.2, -0.15) is 0 Å². The molecular weight excluding hydrogens is 276 g/mol. The zero-order chi connectivity index (χ0) is 15.9. The lowest BCUT2D eigenvalue weighted by Gasteiger charge is -2.08. The first-order chi connectivity index (χ1) is 10.8. The van der Waals surface area contributed by atoms with E-state index in [1.54, 1.807) is 0 Å². The Balaban J connectivity index is 2.39. The lowest BCUT2D eigenvalue weighted by molar-refractivity contribution is -0.121. The van der Waals surface area contributed by atoms with Gasteiger partial charge in [0.1, 0.15) is 6.61 Å². The summed E-state index contributed by atoms with van der Waals surface area (Å²) in [6.07, 6.45) is 14.6. The summed E-state index contributed by atoms with van der Waals surface area (Å²) >= 11 is 0. The summed E-state index contributed by atoms with van der Waals surface area (Å²) in [6, 6.07) is 0. The fourth-order valence-corrected chi connectivity index (χ4v) is 2.67. The van der Waals surface area contributed by atoms with E-state index >= 15 is 0 Å². The van der Waals surface area contributed by atoms with Crippen molar-refractivity contribution < 1.29 is 9.63 Å². The number of carbonyl (C=O) groups excluding carboxylic acids is 1. The molecule has 0 spiro atoms. The lowest BCUT2D eigenvalue weighted by Crippen LogP contribution is -2.25. The summed E-state index contributed by atoms with van der Waals surface area (Å²) in [7, 11) is 0. The second-order valence-corrected chi connectivity index (χ2v) is 6.27. The number of rotatable bonds is 4. The van der Waals surface area contributed by atoms with E-state index in [2.05, 4.69) is 17.4 Å². The van der Waals surface area contributed by atoms with Crippen molar-refractivity contribution in [3.05, 3.63) is 0 Å². The molecule has 0 atom stereocenters. The van der Waals surface area contributed by atoms with Crippen molar-refractivity contribution in [2.24, 2.45) is 5.16 Å². The molecule has 0 bridgehead atoms. The molecular formula is C18H34N2O2.